The lowest BCUT2D eigenvalue weighted by Gasteiger charge is -2.39. The molecule has 192 valence electrons. The molecular formula is C29H40FNO4. The molecule has 1 aliphatic heterocycles. The highest BCUT2D eigenvalue weighted by molar-refractivity contribution is 5.98. The Kier molecular flexibility index (Phi) is 6.84. The van der Waals surface area contributed by atoms with E-state index in [9.17, 15) is 14.7 Å². The number of halogens is 1. The Labute approximate surface area is 208 Å². The smallest absolute Gasteiger partial charge is 0.326 e. The first-order valence-electron chi connectivity index (χ1n) is 13.8. The van der Waals surface area contributed by atoms with E-state index >= 15 is 4.39 Å². The number of fused-ring (bicyclic) bond motifs is 2. The van der Waals surface area contributed by atoms with Crippen LogP contribution in [0.1, 0.15) is 113 Å². The molecule has 3 saturated carbocycles. The fourth-order valence-corrected chi connectivity index (χ4v) is 7.17. The molecule has 1 saturated heterocycles. The Hall–Kier alpha value is -2.11. The van der Waals surface area contributed by atoms with Crippen LogP contribution >= 0.6 is 0 Å². The van der Waals surface area contributed by atoms with E-state index in [1.165, 1.54) is 55.9 Å². The van der Waals surface area contributed by atoms with Crippen LogP contribution in [0.4, 0.5) is 4.39 Å². The number of carbonyl (C=O) groups excluding carboxylic acids is 1. The van der Waals surface area contributed by atoms with Crippen LogP contribution in [0.15, 0.2) is 12.1 Å². The van der Waals surface area contributed by atoms with Crippen molar-refractivity contribution >= 4 is 11.9 Å². The van der Waals surface area contributed by atoms with E-state index in [-0.39, 0.29) is 11.5 Å². The van der Waals surface area contributed by atoms with Gasteiger partial charge in [-0.3, -0.25) is 4.79 Å². The fourth-order valence-electron chi connectivity index (χ4n) is 7.17. The highest BCUT2D eigenvalue weighted by Gasteiger charge is 2.47. The third kappa shape index (κ3) is 5.22. The maximum Gasteiger partial charge on any atom is 0.326 e. The van der Waals surface area contributed by atoms with Crippen molar-refractivity contribution in [1.82, 2.24) is 4.90 Å². The quantitative estimate of drug-likeness (QED) is 0.424. The summed E-state index contributed by atoms with van der Waals surface area (Å²) in [5.74, 6) is 1.30. The van der Waals surface area contributed by atoms with Crippen LogP contribution in [0.2, 0.25) is 0 Å². The second kappa shape index (κ2) is 9.74. The molecule has 4 fully saturated rings. The molecular weight excluding hydrogens is 445 g/mol. The number of carbonyl (C=O) groups is 2. The summed E-state index contributed by atoms with van der Waals surface area (Å²) in [6.07, 6.45) is 13.5. The minimum Gasteiger partial charge on any atom is -0.493 e. The molecule has 6 heteroatoms. The van der Waals surface area contributed by atoms with Crippen LogP contribution in [-0.4, -0.2) is 40.1 Å². The number of likely N-dealkylation sites (tertiary alicyclic amines) is 1. The molecule has 1 amide bonds. The zero-order valence-electron chi connectivity index (χ0n) is 21.2. The highest BCUT2D eigenvalue weighted by Crippen LogP contribution is 2.46. The van der Waals surface area contributed by atoms with Gasteiger partial charge in [-0.05, 0) is 107 Å². The molecule has 0 spiro atoms. The average Bonchev–Trinajstić information content (AvgIpc) is 3.58. The van der Waals surface area contributed by atoms with Gasteiger partial charge in [0.05, 0.1) is 12.2 Å². The second-order valence-corrected chi connectivity index (χ2v) is 12.3. The van der Waals surface area contributed by atoms with Gasteiger partial charge in [0.25, 0.3) is 5.91 Å². The molecule has 0 radical (unpaired) electrons. The molecule has 0 aromatic heterocycles. The van der Waals surface area contributed by atoms with Crippen molar-refractivity contribution in [2.75, 3.05) is 6.61 Å². The van der Waals surface area contributed by atoms with Gasteiger partial charge in [0.1, 0.15) is 17.6 Å². The Morgan fingerprint density at radius 3 is 2.46 bits per heavy atom. The van der Waals surface area contributed by atoms with E-state index in [4.69, 9.17) is 4.74 Å². The SMILES string of the molecule is CC1(C)CCC(C(=O)O)N1C(=O)c1cc(C2CC2)c(OCCCC2CC3CCCC(C2)C3)cc1F. The van der Waals surface area contributed by atoms with E-state index in [0.717, 1.165) is 42.6 Å². The van der Waals surface area contributed by atoms with Crippen molar-refractivity contribution in [2.45, 2.75) is 108 Å². The lowest BCUT2D eigenvalue weighted by molar-refractivity contribution is -0.142. The molecule has 1 aromatic rings. The predicted octanol–water partition coefficient (Wildman–Crippen LogP) is 6.55. The number of amides is 1. The van der Waals surface area contributed by atoms with Crippen molar-refractivity contribution in [3.63, 3.8) is 0 Å². The van der Waals surface area contributed by atoms with Crippen LogP contribution in [-0.2, 0) is 4.79 Å². The summed E-state index contributed by atoms with van der Waals surface area (Å²) < 4.78 is 21.4. The third-order valence-corrected chi connectivity index (χ3v) is 9.08. The van der Waals surface area contributed by atoms with Crippen molar-refractivity contribution in [3.05, 3.63) is 29.1 Å². The molecule has 35 heavy (non-hydrogen) atoms. The van der Waals surface area contributed by atoms with E-state index in [1.54, 1.807) is 6.07 Å². The van der Waals surface area contributed by atoms with Gasteiger partial charge in [-0.25, -0.2) is 9.18 Å². The molecule has 1 heterocycles. The summed E-state index contributed by atoms with van der Waals surface area (Å²) >= 11 is 0. The number of nitrogens with zero attached hydrogens (tertiary/aromatic N) is 1. The summed E-state index contributed by atoms with van der Waals surface area (Å²) in [6, 6.07) is 2.09. The summed E-state index contributed by atoms with van der Waals surface area (Å²) in [5, 5.41) is 9.63. The van der Waals surface area contributed by atoms with Crippen molar-refractivity contribution in [2.24, 2.45) is 17.8 Å². The first kappa shape index (κ1) is 24.6. The minimum atomic E-state index is -1.03. The molecule has 1 N–H and O–H groups in total. The Balaban J connectivity index is 1.26. The van der Waals surface area contributed by atoms with Crippen molar-refractivity contribution < 1.29 is 23.8 Å². The van der Waals surface area contributed by atoms with Gasteiger partial charge in [0.15, 0.2) is 0 Å². The first-order valence-corrected chi connectivity index (χ1v) is 13.8. The molecule has 5 nitrogen and oxygen atoms in total. The third-order valence-electron chi connectivity index (χ3n) is 9.08. The van der Waals surface area contributed by atoms with Gasteiger partial charge in [0, 0.05) is 11.6 Å². The van der Waals surface area contributed by atoms with E-state index in [1.807, 2.05) is 13.8 Å². The normalized spacial score (nSPS) is 29.7. The molecule has 3 aliphatic carbocycles. The molecule has 5 rings (SSSR count). The zero-order valence-corrected chi connectivity index (χ0v) is 21.2. The number of aliphatic carboxylic acids is 1. The van der Waals surface area contributed by atoms with Gasteiger partial charge in [-0.1, -0.05) is 19.3 Å². The number of carboxylic acid groups (broad SMARTS) is 1. The molecule has 3 atom stereocenters. The average molecular weight is 486 g/mol. The molecule has 2 bridgehead atoms. The van der Waals surface area contributed by atoms with Crippen LogP contribution < -0.4 is 4.74 Å². The van der Waals surface area contributed by atoms with Crippen LogP contribution in [0.3, 0.4) is 0 Å². The topological polar surface area (TPSA) is 66.8 Å². The van der Waals surface area contributed by atoms with E-state index < -0.39 is 29.3 Å². The summed E-state index contributed by atoms with van der Waals surface area (Å²) in [6.45, 7) is 4.27. The number of hydrogen-bond acceptors (Lipinski definition) is 3. The summed E-state index contributed by atoms with van der Waals surface area (Å²) in [7, 11) is 0. The summed E-state index contributed by atoms with van der Waals surface area (Å²) in [4.78, 5) is 26.5. The number of hydrogen-bond donors (Lipinski definition) is 1. The van der Waals surface area contributed by atoms with Gasteiger partial charge in [-0.15, -0.1) is 0 Å². The lowest BCUT2D eigenvalue weighted by Crippen LogP contribution is -2.50. The van der Waals surface area contributed by atoms with Gasteiger partial charge < -0.3 is 14.7 Å². The largest absolute Gasteiger partial charge is 0.493 e. The van der Waals surface area contributed by atoms with Gasteiger partial charge in [0.2, 0.25) is 0 Å². The van der Waals surface area contributed by atoms with E-state index in [2.05, 4.69) is 0 Å². The van der Waals surface area contributed by atoms with Crippen LogP contribution in [0.25, 0.3) is 0 Å². The molecule has 3 unspecified atom stereocenters. The molecule has 4 aliphatic rings. The highest BCUT2D eigenvalue weighted by atomic mass is 19.1. The van der Waals surface area contributed by atoms with Crippen molar-refractivity contribution in [1.29, 1.82) is 0 Å². The predicted molar refractivity (Wildman–Crippen MR) is 132 cm³/mol. The number of benzene rings is 1. The first-order chi connectivity index (χ1) is 16.7. The van der Waals surface area contributed by atoms with Gasteiger partial charge in [-0.2, -0.15) is 0 Å². The maximum absolute atomic E-state index is 15.3. The Bertz CT molecular complexity index is 960. The monoisotopic (exact) mass is 485 g/mol. The number of ether oxygens (including phenoxy) is 1. The lowest BCUT2D eigenvalue weighted by atomic mass is 9.67. The Morgan fingerprint density at radius 2 is 1.80 bits per heavy atom. The standard InChI is InChI=1S/C29H40FNO4/c1-29(2)11-10-25(28(33)34)31(29)27(32)23-16-22(21-8-9-21)26(17-24(23)30)35-12-4-7-20-14-18-5-3-6-19(13-18)15-20/h16-21,25H,3-15H2,1-2H3,(H,33,34). The Morgan fingerprint density at radius 1 is 1.09 bits per heavy atom. The maximum atomic E-state index is 15.3. The zero-order chi connectivity index (χ0) is 24.7. The van der Waals surface area contributed by atoms with E-state index in [0.29, 0.717) is 25.2 Å². The summed E-state index contributed by atoms with van der Waals surface area (Å²) in [5.41, 5.74) is 0.235. The van der Waals surface area contributed by atoms with Gasteiger partial charge >= 0.3 is 5.97 Å². The van der Waals surface area contributed by atoms with Crippen LogP contribution in [0.5, 0.6) is 5.75 Å². The molecule has 1 aromatic carbocycles. The van der Waals surface area contributed by atoms with Crippen molar-refractivity contribution in [3.8, 4) is 5.75 Å². The van der Waals surface area contributed by atoms with Crippen LogP contribution in [0, 0.1) is 23.6 Å². The number of carboxylic acids is 1. The minimum absolute atomic E-state index is 0.0331. The second-order valence-electron chi connectivity index (χ2n) is 12.3. The number of rotatable bonds is 8. The fraction of sp³-hybridized carbons (Fsp3) is 0.724.